The quantitative estimate of drug-likeness (QED) is 0.835. The van der Waals surface area contributed by atoms with E-state index in [0.717, 1.165) is 38.8 Å². The summed E-state index contributed by atoms with van der Waals surface area (Å²) >= 11 is 0. The highest BCUT2D eigenvalue weighted by Crippen LogP contribution is 2.38. The lowest BCUT2D eigenvalue weighted by Gasteiger charge is -2.37. The van der Waals surface area contributed by atoms with E-state index in [4.69, 9.17) is 0 Å². The molecule has 2 amide bonds. The van der Waals surface area contributed by atoms with Crippen molar-refractivity contribution in [1.82, 2.24) is 10.2 Å². The monoisotopic (exact) mass is 282 g/mol. The molecule has 1 saturated carbocycles. The van der Waals surface area contributed by atoms with Crippen LogP contribution in [0, 0.1) is 10.8 Å². The molecule has 2 rings (SSSR count). The molecule has 0 spiro atoms. The van der Waals surface area contributed by atoms with Crippen LogP contribution in [0.2, 0.25) is 0 Å². The summed E-state index contributed by atoms with van der Waals surface area (Å²) in [5.74, 6) is -0.768. The van der Waals surface area contributed by atoms with Crippen LogP contribution >= 0.6 is 0 Å². The fraction of sp³-hybridized carbons (Fsp3) is 0.867. The van der Waals surface area contributed by atoms with Gasteiger partial charge in [0.2, 0.25) is 0 Å². The van der Waals surface area contributed by atoms with Gasteiger partial charge < -0.3 is 15.3 Å². The van der Waals surface area contributed by atoms with E-state index in [1.54, 1.807) is 0 Å². The highest BCUT2D eigenvalue weighted by atomic mass is 16.4. The van der Waals surface area contributed by atoms with E-state index in [-0.39, 0.29) is 12.6 Å². The first kappa shape index (κ1) is 15.1. The van der Waals surface area contributed by atoms with Crippen LogP contribution < -0.4 is 5.32 Å². The number of aliphatic carboxylic acids is 1. The van der Waals surface area contributed by atoms with E-state index < -0.39 is 11.4 Å². The molecule has 5 heteroatoms. The predicted octanol–water partition coefficient (Wildman–Crippen LogP) is 2.46. The Hall–Kier alpha value is -1.26. The van der Waals surface area contributed by atoms with Crippen molar-refractivity contribution in [2.45, 2.75) is 52.4 Å². The molecule has 2 fully saturated rings. The Kier molecular flexibility index (Phi) is 4.25. The number of hydrogen-bond acceptors (Lipinski definition) is 2. The Morgan fingerprint density at radius 2 is 1.65 bits per heavy atom. The zero-order chi connectivity index (χ0) is 14.8. The standard InChI is InChI=1S/C15H26N2O3/c1-14(2)7-9-17(10-8-14)13(20)16-11-15(12(18)19)5-3-4-6-15/h3-11H2,1-2H3,(H,16,20)(H,18,19). The molecule has 1 heterocycles. The zero-order valence-electron chi connectivity index (χ0n) is 12.6. The molecule has 0 radical (unpaired) electrons. The molecule has 1 aliphatic carbocycles. The number of carbonyl (C=O) groups is 2. The second kappa shape index (κ2) is 5.62. The van der Waals surface area contributed by atoms with Crippen molar-refractivity contribution in [3.8, 4) is 0 Å². The minimum absolute atomic E-state index is 0.104. The lowest BCUT2D eigenvalue weighted by atomic mass is 9.83. The van der Waals surface area contributed by atoms with E-state index in [9.17, 15) is 14.7 Å². The molecular formula is C15H26N2O3. The van der Waals surface area contributed by atoms with Gasteiger partial charge in [-0.3, -0.25) is 4.79 Å². The van der Waals surface area contributed by atoms with Gasteiger partial charge in [-0.05, 0) is 31.1 Å². The van der Waals surface area contributed by atoms with Gasteiger partial charge >= 0.3 is 12.0 Å². The van der Waals surface area contributed by atoms with E-state index >= 15 is 0 Å². The van der Waals surface area contributed by atoms with Crippen LogP contribution in [0.5, 0.6) is 0 Å². The Morgan fingerprint density at radius 1 is 1.10 bits per heavy atom. The number of nitrogens with zero attached hydrogens (tertiary/aromatic N) is 1. The summed E-state index contributed by atoms with van der Waals surface area (Å²) in [5.41, 5.74) is -0.421. The number of nitrogens with one attached hydrogen (secondary N) is 1. The van der Waals surface area contributed by atoms with E-state index in [0.29, 0.717) is 18.3 Å². The SMILES string of the molecule is CC1(C)CCN(C(=O)NCC2(C(=O)O)CCCC2)CC1. The Balaban J connectivity index is 1.84. The third-order valence-electron chi connectivity index (χ3n) is 5.00. The maximum atomic E-state index is 12.2. The molecule has 2 N–H and O–H groups in total. The molecule has 2 aliphatic rings. The molecule has 0 atom stereocenters. The van der Waals surface area contributed by atoms with Crippen molar-refractivity contribution in [1.29, 1.82) is 0 Å². The second-order valence-corrected chi connectivity index (χ2v) is 7.10. The molecular weight excluding hydrogens is 256 g/mol. The zero-order valence-corrected chi connectivity index (χ0v) is 12.6. The first-order chi connectivity index (χ1) is 9.35. The van der Waals surface area contributed by atoms with Gasteiger partial charge in [0.15, 0.2) is 0 Å². The van der Waals surface area contributed by atoms with Gasteiger partial charge in [0.05, 0.1) is 5.41 Å². The largest absolute Gasteiger partial charge is 0.481 e. The Bertz CT molecular complexity index is 377. The van der Waals surface area contributed by atoms with Crippen LogP contribution in [0.4, 0.5) is 4.79 Å². The van der Waals surface area contributed by atoms with Gasteiger partial charge in [0.25, 0.3) is 0 Å². The average molecular weight is 282 g/mol. The summed E-state index contributed by atoms with van der Waals surface area (Å²) < 4.78 is 0. The van der Waals surface area contributed by atoms with Crippen LogP contribution in [0.25, 0.3) is 0 Å². The van der Waals surface area contributed by atoms with Crippen molar-refractivity contribution < 1.29 is 14.7 Å². The number of carbonyl (C=O) groups excluding carboxylic acids is 1. The van der Waals surface area contributed by atoms with Crippen molar-refractivity contribution in [2.75, 3.05) is 19.6 Å². The second-order valence-electron chi connectivity index (χ2n) is 7.10. The number of hydrogen-bond donors (Lipinski definition) is 2. The smallest absolute Gasteiger partial charge is 0.317 e. The number of rotatable bonds is 3. The highest BCUT2D eigenvalue weighted by Gasteiger charge is 2.41. The minimum atomic E-state index is -0.768. The van der Waals surface area contributed by atoms with E-state index in [1.807, 2.05) is 4.90 Å². The molecule has 0 bridgehead atoms. The van der Waals surface area contributed by atoms with Crippen LogP contribution in [-0.2, 0) is 4.79 Å². The summed E-state index contributed by atoms with van der Waals surface area (Å²) in [6.45, 7) is 6.24. The van der Waals surface area contributed by atoms with E-state index in [1.165, 1.54) is 0 Å². The van der Waals surface area contributed by atoms with Gasteiger partial charge in [0.1, 0.15) is 0 Å². The molecule has 1 saturated heterocycles. The number of piperidine rings is 1. The highest BCUT2D eigenvalue weighted by molar-refractivity contribution is 5.78. The number of carboxylic acid groups (broad SMARTS) is 1. The molecule has 20 heavy (non-hydrogen) atoms. The lowest BCUT2D eigenvalue weighted by molar-refractivity contribution is -0.148. The van der Waals surface area contributed by atoms with Gasteiger partial charge in [-0.1, -0.05) is 26.7 Å². The van der Waals surface area contributed by atoms with Gasteiger partial charge in [-0.2, -0.15) is 0 Å². The number of likely N-dealkylation sites (tertiary alicyclic amines) is 1. The summed E-state index contributed by atoms with van der Waals surface area (Å²) in [6.07, 6.45) is 5.25. The Morgan fingerprint density at radius 3 is 2.15 bits per heavy atom. The molecule has 1 aliphatic heterocycles. The van der Waals surface area contributed by atoms with Crippen molar-refractivity contribution in [3.63, 3.8) is 0 Å². The molecule has 0 aromatic rings. The average Bonchev–Trinajstić information content (AvgIpc) is 2.86. The van der Waals surface area contributed by atoms with Crippen molar-refractivity contribution in [3.05, 3.63) is 0 Å². The number of urea groups is 1. The molecule has 5 nitrogen and oxygen atoms in total. The fourth-order valence-corrected chi connectivity index (χ4v) is 3.19. The summed E-state index contributed by atoms with van der Waals surface area (Å²) in [4.78, 5) is 25.4. The van der Waals surface area contributed by atoms with Gasteiger partial charge in [-0.25, -0.2) is 4.79 Å². The Labute approximate surface area is 120 Å². The van der Waals surface area contributed by atoms with Crippen molar-refractivity contribution >= 4 is 12.0 Å². The molecule has 0 aromatic heterocycles. The van der Waals surface area contributed by atoms with Crippen LogP contribution in [0.3, 0.4) is 0 Å². The third-order valence-corrected chi connectivity index (χ3v) is 5.00. The van der Waals surface area contributed by atoms with Crippen LogP contribution in [-0.4, -0.2) is 41.6 Å². The topological polar surface area (TPSA) is 69.6 Å². The number of amides is 2. The number of carboxylic acids is 1. The third kappa shape index (κ3) is 3.25. The maximum Gasteiger partial charge on any atom is 0.317 e. The van der Waals surface area contributed by atoms with Crippen molar-refractivity contribution in [2.24, 2.45) is 10.8 Å². The fourth-order valence-electron chi connectivity index (χ4n) is 3.19. The normalized spacial score (nSPS) is 24.4. The molecule has 0 aromatic carbocycles. The van der Waals surface area contributed by atoms with Gasteiger partial charge in [0, 0.05) is 19.6 Å². The van der Waals surface area contributed by atoms with Crippen LogP contribution in [0.1, 0.15) is 52.4 Å². The summed E-state index contributed by atoms with van der Waals surface area (Å²) in [5, 5.41) is 12.2. The predicted molar refractivity (Wildman–Crippen MR) is 76.5 cm³/mol. The van der Waals surface area contributed by atoms with Crippen LogP contribution in [0.15, 0.2) is 0 Å². The lowest BCUT2D eigenvalue weighted by Crippen LogP contribution is -2.49. The molecule has 114 valence electrons. The first-order valence-corrected chi connectivity index (χ1v) is 7.61. The summed E-state index contributed by atoms with van der Waals surface area (Å²) in [6, 6.07) is -0.104. The minimum Gasteiger partial charge on any atom is -0.481 e. The summed E-state index contributed by atoms with van der Waals surface area (Å²) in [7, 11) is 0. The van der Waals surface area contributed by atoms with E-state index in [2.05, 4.69) is 19.2 Å². The maximum absolute atomic E-state index is 12.2. The molecule has 0 unspecified atom stereocenters. The first-order valence-electron chi connectivity index (χ1n) is 7.61. The van der Waals surface area contributed by atoms with Gasteiger partial charge in [-0.15, -0.1) is 0 Å².